The molecular weight excluding hydrogens is 868 g/mol. The summed E-state index contributed by atoms with van der Waals surface area (Å²) < 4.78 is 11.4. The highest BCUT2D eigenvalue weighted by Crippen LogP contribution is 2.20. The number of quaternary nitrogens is 2. The van der Waals surface area contributed by atoms with Crippen LogP contribution in [0.4, 0.5) is 0 Å². The largest absolute Gasteiger partial charge is 0.790 e. The average molecular weight is 1000 g/mol. The molecule has 0 saturated carbocycles. The van der Waals surface area contributed by atoms with E-state index >= 15 is 0 Å². The summed E-state index contributed by atoms with van der Waals surface area (Å²) in [6, 6.07) is 0. The Morgan fingerprint density at radius 2 is 0.333 bits per heavy atom. The van der Waals surface area contributed by atoms with E-state index in [1.54, 1.807) is 0 Å². The van der Waals surface area contributed by atoms with Crippen LogP contribution < -0.4 is 9.79 Å². The molecule has 0 aliphatic rings. The molecule has 7 heteroatoms. The van der Waals surface area contributed by atoms with Gasteiger partial charge in [0.1, 0.15) is 0 Å². The molecule has 0 unspecified atom stereocenters. The third kappa shape index (κ3) is 68.0. The number of nitrogens with zero attached hydrogens (tertiary/aromatic N) is 2. The smallest absolute Gasteiger partial charge is 0.0784 e. The second-order valence-electron chi connectivity index (χ2n) is 22.9. The molecule has 0 atom stereocenters. The summed E-state index contributed by atoms with van der Waals surface area (Å²) in [6.07, 6.45) is 69.6. The van der Waals surface area contributed by atoms with Gasteiger partial charge in [-0.15, -0.1) is 0 Å². The van der Waals surface area contributed by atoms with Gasteiger partial charge in [-0.3, -0.25) is 0 Å². The first kappa shape index (κ1) is 73.3. The third-order valence-electron chi connectivity index (χ3n) is 15.3. The quantitative estimate of drug-likeness (QED) is 0.0374. The van der Waals surface area contributed by atoms with Gasteiger partial charge in [-0.25, -0.2) is 0 Å². The van der Waals surface area contributed by atoms with Crippen LogP contribution in [0.3, 0.4) is 0 Å². The molecule has 0 heterocycles. The van der Waals surface area contributed by atoms with Gasteiger partial charge in [0.25, 0.3) is 0 Å². The van der Waals surface area contributed by atoms with Crippen LogP contribution in [0.25, 0.3) is 0 Å². The SMILES string of the molecule is CCCCCCCCCC[N+](C)(CCCCCCCCCC)CCCCCCCCCC.CCCCCCCCCC[N+](C)(CCCCCCCCCC)CCCCCCCCCC.O=P([O-])([O-])O. The lowest BCUT2D eigenvalue weighted by atomic mass is 10.1. The van der Waals surface area contributed by atoms with Crippen molar-refractivity contribution in [2.75, 3.05) is 53.4 Å². The van der Waals surface area contributed by atoms with E-state index in [9.17, 15) is 0 Å². The summed E-state index contributed by atoms with van der Waals surface area (Å²) in [4.78, 5) is 24.3. The lowest BCUT2D eigenvalue weighted by molar-refractivity contribution is -0.910. The van der Waals surface area contributed by atoms with Crippen LogP contribution in [-0.4, -0.2) is 67.2 Å². The van der Waals surface area contributed by atoms with Crippen molar-refractivity contribution in [3.63, 3.8) is 0 Å². The third-order valence-corrected chi connectivity index (χ3v) is 15.3. The van der Waals surface area contributed by atoms with Gasteiger partial charge in [0, 0.05) is 0 Å². The highest BCUT2D eigenvalue weighted by atomic mass is 31.2. The summed E-state index contributed by atoms with van der Waals surface area (Å²) in [7, 11) is 0.0352. The lowest BCUT2D eigenvalue weighted by Gasteiger charge is -2.35. The van der Waals surface area contributed by atoms with Gasteiger partial charge in [-0.05, 0) is 77.0 Å². The zero-order valence-electron chi connectivity index (χ0n) is 49.2. The Morgan fingerprint density at radius 1 is 0.246 bits per heavy atom. The van der Waals surface area contributed by atoms with E-state index in [0.29, 0.717) is 0 Å². The second-order valence-corrected chi connectivity index (χ2v) is 23.8. The average Bonchev–Trinajstić information content (AvgIpc) is 3.31. The molecule has 420 valence electrons. The van der Waals surface area contributed by atoms with Crippen molar-refractivity contribution >= 4 is 7.82 Å². The predicted octanol–water partition coefficient (Wildman–Crippen LogP) is 19.5. The van der Waals surface area contributed by atoms with Crippen molar-refractivity contribution in [1.82, 2.24) is 0 Å². The van der Waals surface area contributed by atoms with Crippen molar-refractivity contribution in [3.8, 4) is 0 Å². The van der Waals surface area contributed by atoms with E-state index in [2.05, 4.69) is 55.6 Å². The zero-order chi connectivity index (χ0) is 51.7. The molecule has 0 aliphatic carbocycles. The van der Waals surface area contributed by atoms with Gasteiger partial charge in [0.05, 0.1) is 61.2 Å². The summed E-state index contributed by atoms with van der Waals surface area (Å²) in [6.45, 7) is 22.5. The molecule has 6 nitrogen and oxygen atoms in total. The van der Waals surface area contributed by atoms with E-state index in [4.69, 9.17) is 19.2 Å². The van der Waals surface area contributed by atoms with Crippen molar-refractivity contribution < 1.29 is 28.2 Å². The number of unbranched alkanes of at least 4 members (excludes halogenated alkanes) is 42. The summed E-state index contributed by atoms with van der Waals surface area (Å²) in [5, 5.41) is 0. The van der Waals surface area contributed by atoms with Crippen LogP contribution in [-0.2, 0) is 4.57 Å². The van der Waals surface area contributed by atoms with Crippen molar-refractivity contribution in [2.24, 2.45) is 0 Å². The minimum atomic E-state index is -5.14. The molecular formula is C62H133N2O4P. The Bertz CT molecular complexity index is 801. The molecule has 0 bridgehead atoms. The minimum Gasteiger partial charge on any atom is -0.790 e. The molecule has 0 aliphatic heterocycles. The molecule has 0 saturated heterocycles. The van der Waals surface area contributed by atoms with Gasteiger partial charge in [0.2, 0.25) is 0 Å². The first-order chi connectivity index (χ1) is 33.4. The first-order valence-electron chi connectivity index (χ1n) is 31.8. The zero-order valence-corrected chi connectivity index (χ0v) is 50.1. The number of phosphoric acid groups is 1. The van der Waals surface area contributed by atoms with Crippen LogP contribution >= 0.6 is 7.82 Å². The van der Waals surface area contributed by atoms with Crippen molar-refractivity contribution in [2.45, 2.75) is 350 Å². The molecule has 0 rings (SSSR count). The monoisotopic (exact) mass is 1000 g/mol. The highest BCUT2D eigenvalue weighted by molar-refractivity contribution is 7.42. The molecule has 69 heavy (non-hydrogen) atoms. The van der Waals surface area contributed by atoms with Crippen molar-refractivity contribution in [3.05, 3.63) is 0 Å². The maximum atomic E-state index is 8.66. The lowest BCUT2D eigenvalue weighted by Crippen LogP contribution is -2.46. The van der Waals surface area contributed by atoms with Crippen LogP contribution in [0.5, 0.6) is 0 Å². The summed E-state index contributed by atoms with van der Waals surface area (Å²) in [5.74, 6) is 0. The standard InChI is InChI=1S/2C31H66N.H3O4P/c2*1-5-8-11-14-17-20-23-26-29-32(4,30-27-24-21-18-15-12-9-6-2)31-28-25-22-19-16-13-10-7-3;1-5(2,3)4/h2*5-31H2,1-4H3;(H3,1,2,3,4)/q2*+1;/p-2. The number of rotatable bonds is 54. The van der Waals surface area contributed by atoms with Gasteiger partial charge in [0.15, 0.2) is 0 Å². The molecule has 0 aromatic heterocycles. The fraction of sp³-hybridized carbons (Fsp3) is 1.00. The Balaban J connectivity index is -0.00000115. The van der Waals surface area contributed by atoms with Gasteiger partial charge < -0.3 is 28.2 Å². The van der Waals surface area contributed by atoms with Crippen LogP contribution in [0, 0.1) is 0 Å². The van der Waals surface area contributed by atoms with Gasteiger partial charge >= 0.3 is 0 Å². The maximum absolute atomic E-state index is 8.66. The number of hydrogen-bond donors (Lipinski definition) is 1. The maximum Gasteiger partial charge on any atom is 0.0784 e. The molecule has 0 amide bonds. The Hall–Kier alpha value is 0.0300. The van der Waals surface area contributed by atoms with Crippen LogP contribution in [0.2, 0.25) is 0 Å². The molecule has 1 N–H and O–H groups in total. The van der Waals surface area contributed by atoms with Crippen LogP contribution in [0.15, 0.2) is 0 Å². The molecule has 0 aromatic rings. The van der Waals surface area contributed by atoms with E-state index in [1.807, 2.05) is 0 Å². The van der Waals surface area contributed by atoms with E-state index in [1.165, 1.54) is 356 Å². The highest BCUT2D eigenvalue weighted by Gasteiger charge is 2.21. The number of hydrogen-bond acceptors (Lipinski definition) is 3. The summed E-state index contributed by atoms with van der Waals surface area (Å²) >= 11 is 0. The van der Waals surface area contributed by atoms with Gasteiger partial charge in [-0.1, -0.05) is 273 Å². The molecule has 0 radical (unpaired) electrons. The topological polar surface area (TPSA) is 83.4 Å². The van der Waals surface area contributed by atoms with E-state index in [-0.39, 0.29) is 0 Å². The molecule has 0 aromatic carbocycles. The minimum absolute atomic E-state index is 1.36. The predicted molar refractivity (Wildman–Crippen MR) is 307 cm³/mol. The Kier molecular flexibility index (Phi) is 62.6. The first-order valence-corrected chi connectivity index (χ1v) is 33.3. The fourth-order valence-corrected chi connectivity index (χ4v) is 10.4. The normalized spacial score (nSPS) is 12.0. The summed E-state index contributed by atoms with van der Waals surface area (Å²) in [5.41, 5.74) is 0. The van der Waals surface area contributed by atoms with E-state index in [0.717, 1.165) is 0 Å². The molecule has 0 fully saturated rings. The van der Waals surface area contributed by atoms with Gasteiger partial charge in [-0.2, -0.15) is 0 Å². The Morgan fingerprint density at radius 3 is 0.435 bits per heavy atom. The fourth-order valence-electron chi connectivity index (χ4n) is 10.4. The Labute approximate surface area is 437 Å². The van der Waals surface area contributed by atoms with Crippen LogP contribution in [0.1, 0.15) is 350 Å². The van der Waals surface area contributed by atoms with Crippen molar-refractivity contribution in [1.29, 1.82) is 0 Å². The van der Waals surface area contributed by atoms with E-state index < -0.39 is 7.82 Å². The second kappa shape index (κ2) is 58.9. The molecule has 0 spiro atoms.